The SMILES string of the molecule is CCc1c(-c2ccc(OC)c(OC)c2)[nH]c2ccc(-c3cccc(C(=O)N4CCC(O)CC4)c3)cc12. The Hall–Kier alpha value is -3.77. The van der Waals surface area contributed by atoms with Crippen LogP contribution < -0.4 is 9.47 Å². The molecule has 1 saturated heterocycles. The van der Waals surface area contributed by atoms with Crippen LogP contribution in [0.5, 0.6) is 11.5 Å². The third-order valence-electron chi connectivity index (χ3n) is 7.13. The van der Waals surface area contributed by atoms with Gasteiger partial charge in [0.05, 0.1) is 20.3 Å². The summed E-state index contributed by atoms with van der Waals surface area (Å²) >= 11 is 0. The standard InChI is InChI=1S/C30H32N2O4/c1-4-24-25-17-20(19-6-5-7-22(16-19)30(34)32-14-12-23(33)13-15-32)8-10-26(25)31-29(24)21-9-11-27(35-2)28(18-21)36-3/h5-11,16-18,23,31,33H,4,12-15H2,1-3H3. The monoisotopic (exact) mass is 484 g/mol. The molecule has 186 valence electrons. The second kappa shape index (κ2) is 10.1. The van der Waals surface area contributed by atoms with E-state index >= 15 is 0 Å². The first-order chi connectivity index (χ1) is 17.5. The van der Waals surface area contributed by atoms with Crippen LogP contribution in [0.15, 0.2) is 60.7 Å². The first kappa shape index (κ1) is 23.9. The molecule has 0 saturated carbocycles. The lowest BCUT2D eigenvalue weighted by molar-refractivity contribution is 0.0546. The number of hydrogen-bond donors (Lipinski definition) is 2. The fourth-order valence-corrected chi connectivity index (χ4v) is 5.12. The minimum absolute atomic E-state index is 0.0245. The molecule has 5 rings (SSSR count). The Morgan fingerprint density at radius 3 is 2.39 bits per heavy atom. The average molecular weight is 485 g/mol. The van der Waals surface area contributed by atoms with Crippen molar-refractivity contribution in [2.75, 3.05) is 27.3 Å². The van der Waals surface area contributed by atoms with Crippen LogP contribution >= 0.6 is 0 Å². The summed E-state index contributed by atoms with van der Waals surface area (Å²) in [5, 5.41) is 10.9. The molecule has 3 aromatic carbocycles. The number of nitrogens with zero attached hydrogens (tertiary/aromatic N) is 1. The van der Waals surface area contributed by atoms with Gasteiger partial charge >= 0.3 is 0 Å². The molecule has 1 fully saturated rings. The van der Waals surface area contributed by atoms with E-state index in [2.05, 4.69) is 30.1 Å². The molecule has 1 aliphatic rings. The largest absolute Gasteiger partial charge is 0.493 e. The first-order valence-corrected chi connectivity index (χ1v) is 12.5. The number of carbonyl (C=O) groups is 1. The molecule has 2 heterocycles. The predicted octanol–water partition coefficient (Wildman–Crippen LogP) is 5.68. The number of likely N-dealkylation sites (tertiary alicyclic amines) is 1. The van der Waals surface area contributed by atoms with Gasteiger partial charge in [0.1, 0.15) is 0 Å². The number of benzene rings is 3. The van der Waals surface area contributed by atoms with Crippen molar-refractivity contribution in [1.29, 1.82) is 0 Å². The third kappa shape index (κ3) is 4.44. The van der Waals surface area contributed by atoms with E-state index in [0.717, 1.165) is 34.3 Å². The number of nitrogens with one attached hydrogen (secondary N) is 1. The van der Waals surface area contributed by atoms with E-state index in [1.165, 1.54) is 10.9 Å². The van der Waals surface area contributed by atoms with E-state index in [1.807, 2.05) is 47.4 Å². The smallest absolute Gasteiger partial charge is 0.253 e. The molecule has 0 bridgehead atoms. The number of aliphatic hydroxyl groups is 1. The fraction of sp³-hybridized carbons (Fsp3) is 0.300. The zero-order valence-electron chi connectivity index (χ0n) is 21.0. The van der Waals surface area contributed by atoms with Gasteiger partial charge in [0, 0.05) is 40.8 Å². The Bertz CT molecular complexity index is 1400. The molecule has 2 N–H and O–H groups in total. The topological polar surface area (TPSA) is 74.8 Å². The van der Waals surface area contributed by atoms with Gasteiger partial charge < -0.3 is 24.5 Å². The van der Waals surface area contributed by atoms with Gasteiger partial charge in [0.25, 0.3) is 5.91 Å². The number of fused-ring (bicyclic) bond motifs is 1. The second-order valence-corrected chi connectivity index (χ2v) is 9.27. The van der Waals surface area contributed by atoms with Gasteiger partial charge in [-0.1, -0.05) is 25.1 Å². The molecule has 0 radical (unpaired) electrons. The lowest BCUT2D eigenvalue weighted by atomic mass is 9.98. The quantitative estimate of drug-likeness (QED) is 0.369. The lowest BCUT2D eigenvalue weighted by Crippen LogP contribution is -2.40. The van der Waals surface area contributed by atoms with Gasteiger partial charge in [-0.05, 0) is 78.4 Å². The molecule has 6 nitrogen and oxygen atoms in total. The summed E-state index contributed by atoms with van der Waals surface area (Å²) in [5.41, 5.74) is 7.18. The number of hydrogen-bond acceptors (Lipinski definition) is 4. The zero-order valence-corrected chi connectivity index (χ0v) is 21.0. The van der Waals surface area contributed by atoms with E-state index in [-0.39, 0.29) is 12.0 Å². The fourth-order valence-electron chi connectivity index (χ4n) is 5.12. The molecule has 1 aliphatic heterocycles. The van der Waals surface area contributed by atoms with Crippen LogP contribution in [0.1, 0.15) is 35.7 Å². The van der Waals surface area contributed by atoms with E-state index in [0.29, 0.717) is 43.0 Å². The van der Waals surface area contributed by atoms with Crippen LogP contribution in [0.3, 0.4) is 0 Å². The summed E-state index contributed by atoms with van der Waals surface area (Å²) in [6.07, 6.45) is 1.84. The highest BCUT2D eigenvalue weighted by molar-refractivity contribution is 5.97. The molecule has 0 aliphatic carbocycles. The number of methoxy groups -OCH3 is 2. The van der Waals surface area contributed by atoms with Gasteiger partial charge in [0.15, 0.2) is 11.5 Å². The van der Waals surface area contributed by atoms with Crippen molar-refractivity contribution in [2.45, 2.75) is 32.3 Å². The summed E-state index contributed by atoms with van der Waals surface area (Å²) in [6, 6.07) is 20.2. The highest BCUT2D eigenvalue weighted by Gasteiger charge is 2.22. The number of aliphatic hydroxyl groups excluding tert-OH is 1. The van der Waals surface area contributed by atoms with Crippen LogP contribution in [0, 0.1) is 0 Å². The number of aryl methyl sites for hydroxylation is 1. The molecule has 0 spiro atoms. The summed E-state index contributed by atoms with van der Waals surface area (Å²) in [4.78, 5) is 18.5. The van der Waals surface area contributed by atoms with Crippen molar-refractivity contribution in [3.05, 3.63) is 71.8 Å². The van der Waals surface area contributed by atoms with Crippen LogP contribution in [0.4, 0.5) is 0 Å². The van der Waals surface area contributed by atoms with Crippen LogP contribution in [0.2, 0.25) is 0 Å². The molecule has 6 heteroatoms. The van der Waals surface area contributed by atoms with Crippen molar-refractivity contribution >= 4 is 16.8 Å². The Morgan fingerprint density at radius 2 is 1.67 bits per heavy atom. The number of carbonyl (C=O) groups excluding carboxylic acids is 1. The maximum absolute atomic E-state index is 13.1. The summed E-state index contributed by atoms with van der Waals surface area (Å²) < 4.78 is 10.9. The highest BCUT2D eigenvalue weighted by Crippen LogP contribution is 2.37. The normalized spacial score (nSPS) is 14.3. The lowest BCUT2D eigenvalue weighted by Gasteiger charge is -2.29. The Labute approximate surface area is 211 Å². The van der Waals surface area contributed by atoms with E-state index < -0.39 is 0 Å². The van der Waals surface area contributed by atoms with Crippen LogP contribution in [0.25, 0.3) is 33.3 Å². The first-order valence-electron chi connectivity index (χ1n) is 12.5. The number of amides is 1. The number of H-pyrrole nitrogens is 1. The summed E-state index contributed by atoms with van der Waals surface area (Å²) in [5.74, 6) is 1.42. The van der Waals surface area contributed by atoms with Gasteiger partial charge in [-0.3, -0.25) is 4.79 Å². The molecule has 4 aromatic rings. The molecule has 0 atom stereocenters. The van der Waals surface area contributed by atoms with Gasteiger partial charge in [-0.2, -0.15) is 0 Å². The van der Waals surface area contributed by atoms with Crippen LogP contribution in [-0.4, -0.2) is 54.3 Å². The molecular weight excluding hydrogens is 452 g/mol. The minimum Gasteiger partial charge on any atom is -0.493 e. The van der Waals surface area contributed by atoms with E-state index in [4.69, 9.17) is 9.47 Å². The third-order valence-corrected chi connectivity index (χ3v) is 7.13. The maximum Gasteiger partial charge on any atom is 0.253 e. The maximum atomic E-state index is 13.1. The number of ether oxygens (including phenoxy) is 2. The average Bonchev–Trinajstić information content (AvgIpc) is 3.30. The van der Waals surface area contributed by atoms with Crippen molar-refractivity contribution in [3.8, 4) is 33.9 Å². The molecule has 1 aromatic heterocycles. The molecule has 36 heavy (non-hydrogen) atoms. The molecule has 1 amide bonds. The highest BCUT2D eigenvalue weighted by atomic mass is 16.5. The Balaban J connectivity index is 1.50. The number of rotatable bonds is 6. The summed E-state index contributed by atoms with van der Waals surface area (Å²) in [7, 11) is 3.28. The van der Waals surface area contributed by atoms with Gasteiger partial charge in [-0.25, -0.2) is 0 Å². The second-order valence-electron chi connectivity index (χ2n) is 9.27. The van der Waals surface area contributed by atoms with Gasteiger partial charge in [-0.15, -0.1) is 0 Å². The Morgan fingerprint density at radius 1 is 0.944 bits per heavy atom. The van der Waals surface area contributed by atoms with Crippen molar-refractivity contribution in [1.82, 2.24) is 9.88 Å². The zero-order chi connectivity index (χ0) is 25.2. The van der Waals surface area contributed by atoms with E-state index in [9.17, 15) is 9.90 Å². The Kier molecular flexibility index (Phi) is 6.70. The predicted molar refractivity (Wildman–Crippen MR) is 143 cm³/mol. The van der Waals surface area contributed by atoms with Crippen LogP contribution in [-0.2, 0) is 6.42 Å². The molecule has 0 unspecified atom stereocenters. The van der Waals surface area contributed by atoms with E-state index in [1.54, 1.807) is 14.2 Å². The van der Waals surface area contributed by atoms with Crippen molar-refractivity contribution in [3.63, 3.8) is 0 Å². The van der Waals surface area contributed by atoms with Crippen molar-refractivity contribution < 1.29 is 19.4 Å². The van der Waals surface area contributed by atoms with Crippen molar-refractivity contribution in [2.24, 2.45) is 0 Å². The van der Waals surface area contributed by atoms with Gasteiger partial charge in [0.2, 0.25) is 0 Å². The summed E-state index contributed by atoms with van der Waals surface area (Å²) in [6.45, 7) is 3.35. The molecular formula is C30H32N2O4. The number of aromatic nitrogens is 1. The number of aromatic amines is 1. The number of piperidine rings is 1. The minimum atomic E-state index is -0.301.